The molecule has 1 unspecified atom stereocenters. The van der Waals surface area contributed by atoms with E-state index in [9.17, 15) is 4.79 Å². The average Bonchev–Trinajstić information content (AvgIpc) is 2.04. The number of carbonyl (C=O) groups excluding carboxylic acids is 1. The SMILES string of the molecule is CC(=O)c1ccc(C(C)N)nc1. The van der Waals surface area contributed by atoms with Crippen LogP contribution in [-0.2, 0) is 0 Å². The van der Waals surface area contributed by atoms with Gasteiger partial charge in [-0.2, -0.15) is 0 Å². The lowest BCUT2D eigenvalue weighted by molar-refractivity contribution is 0.101. The van der Waals surface area contributed by atoms with E-state index in [0.29, 0.717) is 5.56 Å². The Morgan fingerprint density at radius 2 is 2.25 bits per heavy atom. The van der Waals surface area contributed by atoms with E-state index in [1.807, 2.05) is 6.92 Å². The lowest BCUT2D eigenvalue weighted by atomic mass is 10.1. The monoisotopic (exact) mass is 164 g/mol. The first-order valence-corrected chi connectivity index (χ1v) is 3.83. The zero-order valence-corrected chi connectivity index (χ0v) is 7.24. The zero-order valence-electron chi connectivity index (χ0n) is 7.24. The molecule has 1 rings (SSSR count). The molecular weight excluding hydrogens is 152 g/mol. The summed E-state index contributed by atoms with van der Waals surface area (Å²) in [6.07, 6.45) is 1.56. The summed E-state index contributed by atoms with van der Waals surface area (Å²) in [7, 11) is 0. The number of rotatable bonds is 2. The molecule has 0 radical (unpaired) electrons. The van der Waals surface area contributed by atoms with Crippen molar-refractivity contribution in [3.8, 4) is 0 Å². The van der Waals surface area contributed by atoms with E-state index >= 15 is 0 Å². The fourth-order valence-corrected chi connectivity index (χ4v) is 0.883. The molecule has 2 N–H and O–H groups in total. The van der Waals surface area contributed by atoms with Crippen molar-refractivity contribution < 1.29 is 4.79 Å². The van der Waals surface area contributed by atoms with Gasteiger partial charge in [0.1, 0.15) is 0 Å². The molecule has 0 bridgehead atoms. The van der Waals surface area contributed by atoms with E-state index in [-0.39, 0.29) is 11.8 Å². The first kappa shape index (κ1) is 8.87. The van der Waals surface area contributed by atoms with Gasteiger partial charge in [-0.3, -0.25) is 9.78 Å². The van der Waals surface area contributed by atoms with Crippen LogP contribution in [0.2, 0.25) is 0 Å². The van der Waals surface area contributed by atoms with Gasteiger partial charge >= 0.3 is 0 Å². The van der Waals surface area contributed by atoms with Crippen LogP contribution in [0.5, 0.6) is 0 Å². The van der Waals surface area contributed by atoms with E-state index in [1.54, 1.807) is 18.3 Å². The van der Waals surface area contributed by atoms with Crippen LogP contribution in [0.25, 0.3) is 0 Å². The van der Waals surface area contributed by atoms with Gasteiger partial charge < -0.3 is 5.73 Å². The van der Waals surface area contributed by atoms with E-state index in [0.717, 1.165) is 5.69 Å². The maximum atomic E-state index is 10.9. The third-order valence-corrected chi connectivity index (χ3v) is 1.66. The fraction of sp³-hybridized carbons (Fsp3) is 0.333. The Balaban J connectivity index is 2.93. The number of nitrogens with two attached hydrogens (primary N) is 1. The van der Waals surface area contributed by atoms with Crippen molar-refractivity contribution in [2.24, 2.45) is 5.73 Å². The van der Waals surface area contributed by atoms with Crippen molar-refractivity contribution in [3.63, 3.8) is 0 Å². The molecule has 0 saturated carbocycles. The van der Waals surface area contributed by atoms with E-state index in [1.165, 1.54) is 6.92 Å². The number of hydrogen-bond acceptors (Lipinski definition) is 3. The lowest BCUT2D eigenvalue weighted by Gasteiger charge is -2.03. The lowest BCUT2D eigenvalue weighted by Crippen LogP contribution is -2.07. The number of pyridine rings is 1. The van der Waals surface area contributed by atoms with Crippen LogP contribution in [0.4, 0.5) is 0 Å². The predicted molar refractivity (Wildman–Crippen MR) is 46.8 cm³/mol. The zero-order chi connectivity index (χ0) is 9.14. The standard InChI is InChI=1S/C9H12N2O/c1-6(10)9-4-3-8(5-11-9)7(2)12/h3-6H,10H2,1-2H3. The number of ketones is 1. The predicted octanol–water partition coefficient (Wildman–Crippen LogP) is 1.30. The van der Waals surface area contributed by atoms with E-state index < -0.39 is 0 Å². The summed E-state index contributed by atoms with van der Waals surface area (Å²) in [5.41, 5.74) is 7.02. The minimum absolute atomic E-state index is 0.0266. The summed E-state index contributed by atoms with van der Waals surface area (Å²) >= 11 is 0. The van der Waals surface area contributed by atoms with Gasteiger partial charge in [-0.05, 0) is 26.0 Å². The molecule has 1 heterocycles. The minimum atomic E-state index is -0.0778. The number of Topliss-reactive ketones (excluding diaryl/α,β-unsaturated/α-hetero) is 1. The van der Waals surface area contributed by atoms with Crippen molar-refractivity contribution in [2.45, 2.75) is 19.9 Å². The minimum Gasteiger partial charge on any atom is -0.323 e. The van der Waals surface area contributed by atoms with Crippen LogP contribution < -0.4 is 5.73 Å². The van der Waals surface area contributed by atoms with Crippen LogP contribution in [0, 0.1) is 0 Å². The van der Waals surface area contributed by atoms with Crippen LogP contribution in [0.3, 0.4) is 0 Å². The van der Waals surface area contributed by atoms with Crippen LogP contribution >= 0.6 is 0 Å². The van der Waals surface area contributed by atoms with E-state index in [2.05, 4.69) is 4.98 Å². The Morgan fingerprint density at radius 3 is 2.58 bits per heavy atom. The van der Waals surface area contributed by atoms with Gasteiger partial charge in [-0.25, -0.2) is 0 Å². The molecule has 0 spiro atoms. The molecule has 12 heavy (non-hydrogen) atoms. The molecule has 1 aromatic rings. The van der Waals surface area contributed by atoms with Gasteiger partial charge in [-0.15, -0.1) is 0 Å². The van der Waals surface area contributed by atoms with Gasteiger partial charge in [0.05, 0.1) is 5.69 Å². The van der Waals surface area contributed by atoms with Crippen molar-refractivity contribution in [3.05, 3.63) is 29.6 Å². The number of nitrogens with zero attached hydrogens (tertiary/aromatic N) is 1. The highest BCUT2D eigenvalue weighted by Gasteiger charge is 2.02. The summed E-state index contributed by atoms with van der Waals surface area (Å²) in [5, 5.41) is 0. The van der Waals surface area contributed by atoms with Crippen LogP contribution in [0.1, 0.15) is 35.9 Å². The van der Waals surface area contributed by atoms with Crippen LogP contribution in [0.15, 0.2) is 18.3 Å². The molecule has 0 amide bonds. The molecule has 0 aliphatic rings. The highest BCUT2D eigenvalue weighted by molar-refractivity contribution is 5.93. The second-order valence-electron chi connectivity index (χ2n) is 2.82. The van der Waals surface area contributed by atoms with Gasteiger partial charge in [0.25, 0.3) is 0 Å². The third-order valence-electron chi connectivity index (χ3n) is 1.66. The van der Waals surface area contributed by atoms with Crippen molar-refractivity contribution >= 4 is 5.78 Å². The molecular formula is C9H12N2O. The summed E-state index contributed by atoms with van der Waals surface area (Å²) in [4.78, 5) is 14.9. The maximum absolute atomic E-state index is 10.9. The third kappa shape index (κ3) is 1.89. The highest BCUT2D eigenvalue weighted by atomic mass is 16.1. The molecule has 3 heteroatoms. The fourth-order valence-electron chi connectivity index (χ4n) is 0.883. The van der Waals surface area contributed by atoms with Gasteiger partial charge in [0.2, 0.25) is 0 Å². The molecule has 0 fully saturated rings. The first-order chi connectivity index (χ1) is 5.61. The summed E-state index contributed by atoms with van der Waals surface area (Å²) in [6, 6.07) is 3.45. The Hall–Kier alpha value is -1.22. The van der Waals surface area contributed by atoms with E-state index in [4.69, 9.17) is 5.73 Å². The Morgan fingerprint density at radius 1 is 1.58 bits per heavy atom. The molecule has 0 aliphatic carbocycles. The number of hydrogen-bond donors (Lipinski definition) is 1. The molecule has 0 aromatic carbocycles. The molecule has 64 valence electrons. The smallest absolute Gasteiger partial charge is 0.161 e. The Bertz CT molecular complexity index is 277. The average molecular weight is 164 g/mol. The van der Waals surface area contributed by atoms with Gasteiger partial charge in [0, 0.05) is 17.8 Å². The summed E-state index contributed by atoms with van der Waals surface area (Å²) in [6.45, 7) is 3.37. The topological polar surface area (TPSA) is 56.0 Å². The molecule has 1 atom stereocenters. The van der Waals surface area contributed by atoms with Crippen molar-refractivity contribution in [1.29, 1.82) is 0 Å². The maximum Gasteiger partial charge on any atom is 0.161 e. The molecule has 0 saturated heterocycles. The Labute approximate surface area is 71.6 Å². The van der Waals surface area contributed by atoms with Gasteiger partial charge in [0.15, 0.2) is 5.78 Å². The first-order valence-electron chi connectivity index (χ1n) is 3.83. The number of aromatic nitrogens is 1. The van der Waals surface area contributed by atoms with Crippen LogP contribution in [-0.4, -0.2) is 10.8 Å². The normalized spacial score (nSPS) is 12.6. The molecule has 0 aliphatic heterocycles. The quantitative estimate of drug-likeness (QED) is 0.670. The summed E-state index contributed by atoms with van der Waals surface area (Å²) in [5.74, 6) is 0.0266. The highest BCUT2D eigenvalue weighted by Crippen LogP contribution is 2.06. The van der Waals surface area contributed by atoms with Crippen molar-refractivity contribution in [2.75, 3.05) is 0 Å². The molecule has 3 nitrogen and oxygen atoms in total. The second kappa shape index (κ2) is 3.45. The summed E-state index contributed by atoms with van der Waals surface area (Å²) < 4.78 is 0. The molecule has 1 aromatic heterocycles. The number of carbonyl (C=O) groups is 1. The van der Waals surface area contributed by atoms with Crippen molar-refractivity contribution in [1.82, 2.24) is 4.98 Å². The Kier molecular flexibility index (Phi) is 2.55. The second-order valence-corrected chi connectivity index (χ2v) is 2.82. The van der Waals surface area contributed by atoms with Gasteiger partial charge in [-0.1, -0.05) is 0 Å². The largest absolute Gasteiger partial charge is 0.323 e.